The number of nitrogens with zero attached hydrogens (tertiary/aromatic N) is 4. The zero-order valence-electron chi connectivity index (χ0n) is 24.6. The highest BCUT2D eigenvalue weighted by molar-refractivity contribution is 7.15. The van der Waals surface area contributed by atoms with Crippen molar-refractivity contribution in [2.75, 3.05) is 9.80 Å². The smallest absolute Gasteiger partial charge is 0.297 e. The van der Waals surface area contributed by atoms with Gasteiger partial charge in [0.05, 0.1) is 23.2 Å². The van der Waals surface area contributed by atoms with Crippen molar-refractivity contribution >= 4 is 44.9 Å². The number of benzene rings is 3. The van der Waals surface area contributed by atoms with E-state index in [4.69, 9.17) is 4.42 Å². The maximum atomic E-state index is 15.1. The Hall–Kier alpha value is -4.63. The molecule has 1 atom stereocenters. The number of hydrogen-bond acceptors (Lipinski definition) is 7. The summed E-state index contributed by atoms with van der Waals surface area (Å²) in [7, 11) is 0. The molecule has 2 aliphatic heterocycles. The standard InChI is InChI=1S/C34H30N4O4S/c1-18(2)13-27-35-36-33(43-27)38-31(40)30-28(29(39)23-15-20(4)21(5)16-26(23)42-30)34(38)24-11-6-7-12-25(24)37(32(34)41)17-22-10-8-9-19(3)14-22/h6-12,14-16,18H,13,17H2,1-5H3. The van der Waals surface area contributed by atoms with Gasteiger partial charge >= 0.3 is 0 Å². The van der Waals surface area contributed by atoms with Crippen molar-refractivity contribution in [1.82, 2.24) is 10.2 Å². The third kappa shape index (κ3) is 3.91. The van der Waals surface area contributed by atoms with Crippen molar-refractivity contribution in [3.8, 4) is 0 Å². The largest absolute Gasteiger partial charge is 0.450 e. The molecule has 2 aromatic heterocycles. The Morgan fingerprint density at radius 1 is 0.930 bits per heavy atom. The van der Waals surface area contributed by atoms with Crippen molar-refractivity contribution in [3.05, 3.63) is 115 Å². The predicted octanol–water partition coefficient (Wildman–Crippen LogP) is 6.22. The highest BCUT2D eigenvalue weighted by atomic mass is 32.1. The van der Waals surface area contributed by atoms with Crippen LogP contribution in [-0.2, 0) is 23.3 Å². The van der Waals surface area contributed by atoms with E-state index in [1.807, 2.05) is 69.3 Å². The van der Waals surface area contributed by atoms with Gasteiger partial charge in [-0.15, -0.1) is 10.2 Å². The number of rotatable bonds is 5. The Labute approximate surface area is 252 Å². The molecule has 0 N–H and O–H groups in total. The van der Waals surface area contributed by atoms with Gasteiger partial charge in [0.15, 0.2) is 11.0 Å². The fraction of sp³-hybridized carbons (Fsp3) is 0.265. The zero-order valence-corrected chi connectivity index (χ0v) is 25.4. The molecule has 1 spiro atoms. The average Bonchev–Trinajstić information content (AvgIpc) is 3.59. The molecule has 0 radical (unpaired) electrons. The Kier molecular flexibility index (Phi) is 6.14. The van der Waals surface area contributed by atoms with Gasteiger partial charge in [-0.05, 0) is 61.6 Å². The van der Waals surface area contributed by atoms with Crippen LogP contribution in [0.1, 0.15) is 62.8 Å². The number of para-hydroxylation sites is 1. The second kappa shape index (κ2) is 9.70. The molecule has 2 aliphatic rings. The van der Waals surface area contributed by atoms with E-state index >= 15 is 4.79 Å². The van der Waals surface area contributed by atoms with Crippen LogP contribution in [0.4, 0.5) is 10.8 Å². The number of aromatic nitrogens is 2. The molecule has 1 unspecified atom stereocenters. The van der Waals surface area contributed by atoms with Crippen molar-refractivity contribution in [1.29, 1.82) is 0 Å². The van der Waals surface area contributed by atoms with E-state index in [1.54, 1.807) is 17.0 Å². The lowest BCUT2D eigenvalue weighted by atomic mass is 9.84. The van der Waals surface area contributed by atoms with Crippen molar-refractivity contribution in [2.24, 2.45) is 5.92 Å². The third-order valence-corrected chi connectivity index (χ3v) is 9.32. The normalized spacial score (nSPS) is 17.5. The topological polar surface area (TPSA) is 96.6 Å². The van der Waals surface area contributed by atoms with Gasteiger partial charge in [-0.25, -0.2) is 0 Å². The highest BCUT2D eigenvalue weighted by Gasteiger charge is 2.66. The third-order valence-electron chi connectivity index (χ3n) is 8.39. The number of fused-ring (bicyclic) bond motifs is 5. The minimum absolute atomic E-state index is 0.0260. The van der Waals surface area contributed by atoms with Crippen molar-refractivity contribution in [2.45, 2.75) is 53.1 Å². The molecule has 0 aliphatic carbocycles. The summed E-state index contributed by atoms with van der Waals surface area (Å²) in [6.07, 6.45) is 0.670. The molecule has 0 saturated heterocycles. The van der Waals surface area contributed by atoms with Gasteiger partial charge in [0.1, 0.15) is 10.6 Å². The first-order valence-electron chi connectivity index (χ1n) is 14.3. The summed E-state index contributed by atoms with van der Waals surface area (Å²) in [5, 5.41) is 10.1. The fourth-order valence-corrected chi connectivity index (χ4v) is 7.44. The molecule has 0 bridgehead atoms. The number of hydrogen-bond donors (Lipinski definition) is 0. The van der Waals surface area contributed by atoms with Gasteiger partial charge in [0, 0.05) is 12.0 Å². The summed E-state index contributed by atoms with van der Waals surface area (Å²) in [6.45, 7) is 10.3. The second-order valence-corrected chi connectivity index (χ2v) is 12.9. The lowest BCUT2D eigenvalue weighted by Gasteiger charge is -2.32. The van der Waals surface area contributed by atoms with Gasteiger partial charge in [-0.1, -0.05) is 73.2 Å². The molecule has 0 fully saturated rings. The molecule has 0 saturated carbocycles. The highest BCUT2D eigenvalue weighted by Crippen LogP contribution is 2.54. The first-order chi connectivity index (χ1) is 20.6. The van der Waals surface area contributed by atoms with Crippen LogP contribution < -0.4 is 15.2 Å². The lowest BCUT2D eigenvalue weighted by molar-refractivity contribution is -0.121. The SMILES string of the molecule is Cc1cccc(CN2C(=O)C3(c4ccccc42)c2c(oc4cc(C)c(C)cc4c2=O)C(=O)N3c2nnc(CC(C)C)s2)c1. The summed E-state index contributed by atoms with van der Waals surface area (Å²) in [5.74, 6) is -0.805. The average molecular weight is 591 g/mol. The van der Waals surface area contributed by atoms with E-state index in [0.717, 1.165) is 27.3 Å². The lowest BCUT2D eigenvalue weighted by Crippen LogP contribution is -2.53. The van der Waals surface area contributed by atoms with E-state index in [0.29, 0.717) is 34.6 Å². The molecule has 7 rings (SSSR count). The van der Waals surface area contributed by atoms with Crippen LogP contribution >= 0.6 is 11.3 Å². The van der Waals surface area contributed by atoms with Crippen LogP contribution in [0.3, 0.4) is 0 Å². The van der Waals surface area contributed by atoms with Gasteiger partial charge < -0.3 is 9.32 Å². The minimum atomic E-state index is -1.80. The summed E-state index contributed by atoms with van der Waals surface area (Å²) >= 11 is 1.26. The van der Waals surface area contributed by atoms with Crippen LogP contribution in [0.5, 0.6) is 0 Å². The first kappa shape index (κ1) is 27.2. The molecule has 43 heavy (non-hydrogen) atoms. The van der Waals surface area contributed by atoms with Crippen molar-refractivity contribution < 1.29 is 14.0 Å². The molecule has 4 heterocycles. The molecule has 8 nitrogen and oxygen atoms in total. The molecule has 216 valence electrons. The second-order valence-electron chi connectivity index (χ2n) is 11.9. The summed E-state index contributed by atoms with van der Waals surface area (Å²) < 4.78 is 6.27. The number of carbonyl (C=O) groups excluding carboxylic acids is 2. The number of anilines is 2. The molecular weight excluding hydrogens is 560 g/mol. The minimum Gasteiger partial charge on any atom is -0.450 e. The predicted molar refractivity (Wildman–Crippen MR) is 167 cm³/mol. The Balaban J connectivity index is 1.53. The van der Waals surface area contributed by atoms with Gasteiger partial charge in [0.2, 0.25) is 10.9 Å². The monoisotopic (exact) mass is 590 g/mol. The van der Waals surface area contributed by atoms with Gasteiger partial charge in [-0.2, -0.15) is 0 Å². The number of carbonyl (C=O) groups is 2. The van der Waals surface area contributed by atoms with Crippen LogP contribution in [0.2, 0.25) is 0 Å². The van der Waals surface area contributed by atoms with E-state index in [2.05, 4.69) is 24.0 Å². The Morgan fingerprint density at radius 3 is 2.47 bits per heavy atom. The van der Waals surface area contributed by atoms with Gasteiger partial charge in [0.25, 0.3) is 11.8 Å². The van der Waals surface area contributed by atoms with E-state index < -0.39 is 22.8 Å². The molecule has 9 heteroatoms. The van der Waals surface area contributed by atoms with Crippen LogP contribution in [-0.4, -0.2) is 22.0 Å². The maximum Gasteiger partial charge on any atom is 0.297 e. The Morgan fingerprint density at radius 2 is 1.70 bits per heavy atom. The number of aryl methyl sites for hydroxylation is 3. The Bertz CT molecular complexity index is 2040. The van der Waals surface area contributed by atoms with E-state index in [-0.39, 0.29) is 23.0 Å². The van der Waals surface area contributed by atoms with Gasteiger partial charge in [-0.3, -0.25) is 19.3 Å². The van der Waals surface area contributed by atoms with Crippen LogP contribution in [0.15, 0.2) is 69.9 Å². The van der Waals surface area contributed by atoms with E-state index in [1.165, 1.54) is 16.2 Å². The summed E-state index contributed by atoms with van der Waals surface area (Å²) in [5.41, 5.74) is 3.16. The molecule has 3 aromatic carbocycles. The van der Waals surface area contributed by atoms with Crippen molar-refractivity contribution in [3.63, 3.8) is 0 Å². The van der Waals surface area contributed by atoms with Crippen LogP contribution in [0, 0.1) is 26.7 Å². The van der Waals surface area contributed by atoms with Crippen LogP contribution in [0.25, 0.3) is 11.0 Å². The fourth-order valence-electron chi connectivity index (χ4n) is 6.34. The number of amides is 2. The maximum absolute atomic E-state index is 15.1. The first-order valence-corrected chi connectivity index (χ1v) is 15.2. The van der Waals surface area contributed by atoms with E-state index in [9.17, 15) is 9.59 Å². The molecular formula is C34H30N4O4S. The summed E-state index contributed by atoms with van der Waals surface area (Å²) in [6, 6.07) is 18.9. The molecule has 2 amide bonds. The molecule has 5 aromatic rings. The zero-order chi connectivity index (χ0) is 30.2. The summed E-state index contributed by atoms with van der Waals surface area (Å²) in [4.78, 5) is 47.1. The quantitative estimate of drug-likeness (QED) is 0.241.